The van der Waals surface area contributed by atoms with Gasteiger partial charge < -0.3 is 15.1 Å². The quantitative estimate of drug-likeness (QED) is 0.717. The third-order valence-corrected chi connectivity index (χ3v) is 2.76. The van der Waals surface area contributed by atoms with E-state index in [-0.39, 0.29) is 0 Å². The Morgan fingerprint density at radius 3 is 2.89 bits per heavy atom. The van der Waals surface area contributed by atoms with E-state index < -0.39 is 0 Å². The van der Waals surface area contributed by atoms with Gasteiger partial charge in [-0.05, 0) is 13.0 Å². The van der Waals surface area contributed by atoms with E-state index in [0.717, 1.165) is 31.9 Å². The first-order valence-electron chi connectivity index (χ1n) is 6.85. The second kappa shape index (κ2) is 8.75. The van der Waals surface area contributed by atoms with Gasteiger partial charge in [-0.2, -0.15) is 0 Å². The van der Waals surface area contributed by atoms with Crippen molar-refractivity contribution in [1.29, 1.82) is 0 Å². The minimum absolute atomic E-state index is 0.520. The van der Waals surface area contributed by atoms with Crippen LogP contribution in [0, 0.1) is 0 Å². The third kappa shape index (κ3) is 4.92. The average Bonchev–Trinajstić information content (AvgIpc) is 2.54. The first-order chi connectivity index (χ1) is 8.86. The zero-order chi connectivity index (χ0) is 13.2. The fourth-order valence-corrected chi connectivity index (χ4v) is 1.93. The number of nitrogens with zero attached hydrogens (tertiary/aromatic N) is 2. The van der Waals surface area contributed by atoms with Crippen molar-refractivity contribution in [3.05, 3.63) is 24.3 Å². The number of hydrogen-bond donors (Lipinski definition) is 1. The zero-order valence-corrected chi connectivity index (χ0v) is 11.7. The molecule has 0 aromatic rings. The number of rotatable bonds is 0. The van der Waals surface area contributed by atoms with Crippen LogP contribution in [-0.4, -0.2) is 43.0 Å². The number of nitrogens with one attached hydrogen (secondary N) is 1. The lowest BCUT2D eigenvalue weighted by atomic mass is 10.2. The predicted molar refractivity (Wildman–Crippen MR) is 76.7 cm³/mol. The van der Waals surface area contributed by atoms with Gasteiger partial charge in [0, 0.05) is 32.1 Å². The van der Waals surface area contributed by atoms with Gasteiger partial charge in [-0.3, -0.25) is 0 Å². The van der Waals surface area contributed by atoms with Crippen LogP contribution < -0.4 is 5.32 Å². The van der Waals surface area contributed by atoms with Crippen LogP contribution in [0.3, 0.4) is 0 Å². The van der Waals surface area contributed by atoms with E-state index in [1.807, 2.05) is 26.0 Å². The Bertz CT molecular complexity index is 310. The summed E-state index contributed by atoms with van der Waals surface area (Å²) in [5, 5.41) is 7.64. The van der Waals surface area contributed by atoms with Crippen LogP contribution in [0.5, 0.6) is 0 Å². The molecule has 4 nitrogen and oxygen atoms in total. The molecule has 2 aliphatic heterocycles. The molecule has 0 bridgehead atoms. The summed E-state index contributed by atoms with van der Waals surface area (Å²) in [7, 11) is 0. The molecule has 0 amide bonds. The summed E-state index contributed by atoms with van der Waals surface area (Å²) < 4.78 is 0. The topological polar surface area (TPSA) is 36.9 Å². The molecule has 4 heteroatoms. The molecule has 1 N–H and O–H groups in total. The molecule has 1 atom stereocenters. The summed E-state index contributed by atoms with van der Waals surface area (Å²) in [4.78, 5) is 7.56. The average molecular weight is 251 g/mol. The van der Waals surface area contributed by atoms with Gasteiger partial charge in [-0.1, -0.05) is 37.2 Å². The molecule has 1 saturated heterocycles. The summed E-state index contributed by atoms with van der Waals surface area (Å²) in [5.74, 6) is 1.04. The van der Waals surface area contributed by atoms with E-state index in [2.05, 4.69) is 34.4 Å². The highest BCUT2D eigenvalue weighted by molar-refractivity contribution is 5.83. The van der Waals surface area contributed by atoms with Crippen molar-refractivity contribution in [3.63, 3.8) is 0 Å². The lowest BCUT2D eigenvalue weighted by Crippen LogP contribution is -2.51. The summed E-state index contributed by atoms with van der Waals surface area (Å²) in [5.41, 5.74) is 0. The van der Waals surface area contributed by atoms with Crippen molar-refractivity contribution in [1.82, 2.24) is 10.2 Å². The molecule has 18 heavy (non-hydrogen) atoms. The molecular weight excluding hydrogens is 226 g/mol. The monoisotopic (exact) mass is 251 g/mol. The normalized spacial score (nSPS) is 30.3. The molecule has 0 aromatic carbocycles. The Hall–Kier alpha value is -1.29. The van der Waals surface area contributed by atoms with Gasteiger partial charge in [0.2, 0.25) is 0 Å². The highest BCUT2D eigenvalue weighted by Gasteiger charge is 2.18. The molecule has 2 rings (SSSR count). The van der Waals surface area contributed by atoms with Crippen molar-refractivity contribution in [3.8, 4) is 0 Å². The van der Waals surface area contributed by atoms with E-state index in [9.17, 15) is 0 Å². The molecule has 0 aromatic heterocycles. The van der Waals surface area contributed by atoms with Crippen molar-refractivity contribution < 1.29 is 4.84 Å². The fraction of sp³-hybridized carbons (Fsp3) is 0.643. The van der Waals surface area contributed by atoms with Gasteiger partial charge >= 0.3 is 0 Å². The Labute approximate surface area is 110 Å². The molecular formula is C14H25N3O. The maximum atomic E-state index is 5.25. The van der Waals surface area contributed by atoms with Crippen LogP contribution in [0.1, 0.15) is 27.2 Å². The maximum absolute atomic E-state index is 5.25. The van der Waals surface area contributed by atoms with E-state index in [1.165, 1.54) is 0 Å². The SMILES string of the molecule is CC.CC1CN(/C2=N/OC/C=C\C=C/C2)CCN1. The smallest absolute Gasteiger partial charge is 0.148 e. The largest absolute Gasteiger partial charge is 0.390 e. The van der Waals surface area contributed by atoms with E-state index in [1.54, 1.807) is 0 Å². The van der Waals surface area contributed by atoms with Crippen LogP contribution in [0.4, 0.5) is 0 Å². The van der Waals surface area contributed by atoms with Crippen LogP contribution in [0.25, 0.3) is 0 Å². The highest BCUT2D eigenvalue weighted by atomic mass is 16.6. The molecule has 0 radical (unpaired) electrons. The fourth-order valence-electron chi connectivity index (χ4n) is 1.93. The second-order valence-electron chi connectivity index (χ2n) is 4.16. The zero-order valence-electron chi connectivity index (χ0n) is 11.7. The predicted octanol–water partition coefficient (Wildman–Crippen LogP) is 2.15. The number of amidine groups is 1. The summed E-state index contributed by atoms with van der Waals surface area (Å²) in [6.45, 7) is 9.77. The van der Waals surface area contributed by atoms with Gasteiger partial charge in [0.1, 0.15) is 12.4 Å². The van der Waals surface area contributed by atoms with E-state index in [4.69, 9.17) is 4.84 Å². The van der Waals surface area contributed by atoms with E-state index >= 15 is 0 Å². The van der Waals surface area contributed by atoms with Crippen molar-refractivity contribution in [2.75, 3.05) is 26.2 Å². The lowest BCUT2D eigenvalue weighted by molar-refractivity contribution is 0.165. The van der Waals surface area contributed by atoms with Gasteiger partial charge in [-0.15, -0.1) is 0 Å². The van der Waals surface area contributed by atoms with Crippen molar-refractivity contribution in [2.45, 2.75) is 33.2 Å². The maximum Gasteiger partial charge on any atom is 0.148 e. The van der Waals surface area contributed by atoms with Gasteiger partial charge in [0.05, 0.1) is 0 Å². The Balaban J connectivity index is 0.000000771. The Morgan fingerprint density at radius 1 is 1.33 bits per heavy atom. The number of hydrogen-bond acceptors (Lipinski definition) is 4. The summed E-state index contributed by atoms with van der Waals surface area (Å²) in [6.07, 6.45) is 8.98. The Morgan fingerprint density at radius 2 is 2.11 bits per heavy atom. The molecule has 1 fully saturated rings. The molecule has 0 aliphatic carbocycles. The third-order valence-electron chi connectivity index (χ3n) is 2.76. The molecule has 1 unspecified atom stereocenters. The van der Waals surface area contributed by atoms with E-state index in [0.29, 0.717) is 12.6 Å². The van der Waals surface area contributed by atoms with Crippen LogP contribution >= 0.6 is 0 Å². The lowest BCUT2D eigenvalue weighted by Gasteiger charge is -2.33. The van der Waals surface area contributed by atoms with Gasteiger partial charge in [0.25, 0.3) is 0 Å². The molecule has 0 spiro atoms. The molecule has 2 heterocycles. The molecule has 2 aliphatic rings. The standard InChI is InChI=1S/C12H19N3O.C2H6/c1-11-10-15(8-7-13-11)12-6-4-2-3-5-9-16-14-12;1-2/h2-5,11,13H,6-10H2,1H3;1-2H3/b4-2-,5-3-,14-12+;. The van der Waals surface area contributed by atoms with Crippen LogP contribution in [0.2, 0.25) is 0 Å². The van der Waals surface area contributed by atoms with Crippen molar-refractivity contribution >= 4 is 5.84 Å². The van der Waals surface area contributed by atoms with Crippen LogP contribution in [-0.2, 0) is 4.84 Å². The highest BCUT2D eigenvalue weighted by Crippen LogP contribution is 2.05. The minimum atomic E-state index is 0.520. The van der Waals surface area contributed by atoms with Gasteiger partial charge in [0.15, 0.2) is 0 Å². The number of oxime groups is 1. The first-order valence-corrected chi connectivity index (χ1v) is 6.85. The number of allylic oxidation sites excluding steroid dienone is 2. The second-order valence-corrected chi connectivity index (χ2v) is 4.16. The first kappa shape index (κ1) is 14.8. The van der Waals surface area contributed by atoms with Crippen molar-refractivity contribution in [2.24, 2.45) is 5.16 Å². The minimum Gasteiger partial charge on any atom is -0.390 e. The Kier molecular flexibility index (Phi) is 7.18. The summed E-state index contributed by atoms with van der Waals surface area (Å²) in [6, 6.07) is 0.520. The van der Waals surface area contributed by atoms with Gasteiger partial charge in [-0.25, -0.2) is 0 Å². The number of piperazine rings is 1. The van der Waals surface area contributed by atoms with Crippen LogP contribution in [0.15, 0.2) is 29.5 Å². The molecule has 102 valence electrons. The molecule has 0 saturated carbocycles. The summed E-state index contributed by atoms with van der Waals surface area (Å²) >= 11 is 0.